The van der Waals surface area contributed by atoms with Crippen molar-refractivity contribution in [2.24, 2.45) is 0 Å². The van der Waals surface area contributed by atoms with E-state index in [1.54, 1.807) is 11.1 Å². The molecule has 3 rings (SSSR count). The first-order chi connectivity index (χ1) is 12.7. The van der Waals surface area contributed by atoms with Crippen molar-refractivity contribution in [1.82, 2.24) is 14.8 Å². The van der Waals surface area contributed by atoms with Gasteiger partial charge in [0.15, 0.2) is 0 Å². The Hall–Kier alpha value is -2.15. The van der Waals surface area contributed by atoms with Crippen molar-refractivity contribution in [2.75, 3.05) is 26.7 Å². The maximum absolute atomic E-state index is 12.9. The lowest BCUT2D eigenvalue weighted by atomic mass is 9.99. The van der Waals surface area contributed by atoms with E-state index in [1.165, 1.54) is 7.11 Å². The van der Waals surface area contributed by atoms with Crippen LogP contribution in [-0.2, 0) is 20.9 Å². The molecule has 2 fully saturated rings. The zero-order valence-electron chi connectivity index (χ0n) is 15.3. The van der Waals surface area contributed by atoms with Crippen LogP contribution in [0.5, 0.6) is 0 Å². The van der Waals surface area contributed by atoms with Crippen molar-refractivity contribution >= 4 is 12.0 Å². The van der Waals surface area contributed by atoms with E-state index in [4.69, 9.17) is 9.47 Å². The van der Waals surface area contributed by atoms with E-state index in [0.717, 1.165) is 31.2 Å². The molecule has 26 heavy (non-hydrogen) atoms. The molecule has 0 N–H and O–H groups in total. The van der Waals surface area contributed by atoms with Gasteiger partial charge in [0.1, 0.15) is 6.04 Å². The largest absolute Gasteiger partial charge is 0.453 e. The van der Waals surface area contributed by atoms with Crippen molar-refractivity contribution in [3.8, 4) is 0 Å². The Balaban J connectivity index is 1.49. The van der Waals surface area contributed by atoms with Crippen LogP contribution in [0.2, 0.25) is 0 Å². The molecule has 1 aromatic heterocycles. The molecule has 0 spiro atoms. The first kappa shape index (κ1) is 18.6. The zero-order valence-corrected chi connectivity index (χ0v) is 15.3. The molecular formula is C19H27N3O4. The quantitative estimate of drug-likeness (QED) is 0.822. The highest BCUT2D eigenvalue weighted by molar-refractivity contribution is 5.86. The van der Waals surface area contributed by atoms with Crippen LogP contribution < -0.4 is 0 Å². The molecule has 7 nitrogen and oxygen atoms in total. The summed E-state index contributed by atoms with van der Waals surface area (Å²) < 4.78 is 10.8. The van der Waals surface area contributed by atoms with Crippen LogP contribution in [0, 0.1) is 0 Å². The highest BCUT2D eigenvalue weighted by Crippen LogP contribution is 2.23. The Bertz CT molecular complexity index is 602. The summed E-state index contributed by atoms with van der Waals surface area (Å²) in [6, 6.07) is 3.51. The Morgan fingerprint density at radius 3 is 2.69 bits per heavy atom. The van der Waals surface area contributed by atoms with Crippen LogP contribution in [0.1, 0.15) is 37.7 Å². The molecule has 7 heteroatoms. The molecule has 0 bridgehead atoms. The number of aromatic nitrogens is 1. The lowest BCUT2D eigenvalue weighted by Gasteiger charge is -2.39. The number of amides is 2. The van der Waals surface area contributed by atoms with Crippen molar-refractivity contribution < 1.29 is 19.1 Å². The molecule has 0 aliphatic carbocycles. The number of methoxy groups -OCH3 is 1. The molecule has 1 atom stereocenters. The van der Waals surface area contributed by atoms with Gasteiger partial charge in [-0.05, 0) is 43.7 Å². The van der Waals surface area contributed by atoms with E-state index in [2.05, 4.69) is 4.98 Å². The first-order valence-corrected chi connectivity index (χ1v) is 9.33. The molecule has 1 aromatic rings. The second-order valence-electron chi connectivity index (χ2n) is 6.87. The minimum Gasteiger partial charge on any atom is -0.453 e. The van der Waals surface area contributed by atoms with Crippen LogP contribution in [0.15, 0.2) is 24.5 Å². The first-order valence-electron chi connectivity index (χ1n) is 9.33. The Morgan fingerprint density at radius 1 is 1.19 bits per heavy atom. The summed E-state index contributed by atoms with van der Waals surface area (Å²) in [6.07, 6.45) is 7.54. The Kier molecular flexibility index (Phi) is 6.44. The number of ether oxygens (including phenoxy) is 2. The molecule has 0 aromatic carbocycles. The topological polar surface area (TPSA) is 72.0 Å². The summed E-state index contributed by atoms with van der Waals surface area (Å²) in [5.41, 5.74) is 1.06. The normalized spacial score (nSPS) is 21.5. The molecule has 2 amide bonds. The molecule has 3 heterocycles. The molecule has 2 aliphatic rings. The monoisotopic (exact) mass is 361 g/mol. The van der Waals surface area contributed by atoms with Crippen molar-refractivity contribution in [1.29, 1.82) is 0 Å². The van der Waals surface area contributed by atoms with Gasteiger partial charge >= 0.3 is 6.09 Å². The third-order valence-corrected chi connectivity index (χ3v) is 5.16. The molecule has 2 saturated heterocycles. The summed E-state index contributed by atoms with van der Waals surface area (Å²) in [7, 11) is 1.36. The SMILES string of the molecule is COC(=O)N1CCCC[C@@H]1C(=O)N1CCC(OCc2cccnc2)CC1. The molecule has 0 radical (unpaired) electrons. The number of rotatable bonds is 4. The molecule has 0 unspecified atom stereocenters. The number of hydrogen-bond donors (Lipinski definition) is 0. The van der Waals surface area contributed by atoms with Gasteiger partial charge in [-0.25, -0.2) is 4.79 Å². The Labute approximate surface area is 154 Å². The predicted octanol–water partition coefficient (Wildman–Crippen LogP) is 2.21. The number of carbonyl (C=O) groups excluding carboxylic acids is 2. The number of hydrogen-bond acceptors (Lipinski definition) is 5. The van der Waals surface area contributed by atoms with Crippen LogP contribution in [-0.4, -0.2) is 65.7 Å². The van der Waals surface area contributed by atoms with Crippen molar-refractivity contribution in [3.63, 3.8) is 0 Å². The summed E-state index contributed by atoms with van der Waals surface area (Å²) >= 11 is 0. The number of likely N-dealkylation sites (tertiary alicyclic amines) is 2. The summed E-state index contributed by atoms with van der Waals surface area (Å²) in [5.74, 6) is 0.0424. The van der Waals surface area contributed by atoms with E-state index in [-0.39, 0.29) is 18.1 Å². The van der Waals surface area contributed by atoms with Gasteiger partial charge in [0.05, 0.1) is 19.8 Å². The molecular weight excluding hydrogens is 334 g/mol. The number of piperidine rings is 2. The van der Waals surface area contributed by atoms with Crippen LogP contribution in [0.25, 0.3) is 0 Å². The van der Waals surface area contributed by atoms with E-state index in [0.29, 0.717) is 32.7 Å². The number of nitrogens with zero attached hydrogens (tertiary/aromatic N) is 3. The van der Waals surface area contributed by atoms with Gasteiger partial charge in [0, 0.05) is 32.0 Å². The fourth-order valence-corrected chi connectivity index (χ4v) is 3.68. The smallest absolute Gasteiger partial charge is 0.410 e. The highest BCUT2D eigenvalue weighted by Gasteiger charge is 2.36. The maximum Gasteiger partial charge on any atom is 0.410 e. The Morgan fingerprint density at radius 2 is 2.00 bits per heavy atom. The van der Waals surface area contributed by atoms with E-state index in [1.807, 2.05) is 23.2 Å². The number of pyridine rings is 1. The van der Waals surface area contributed by atoms with E-state index < -0.39 is 6.09 Å². The van der Waals surface area contributed by atoms with Gasteiger partial charge in [0.25, 0.3) is 0 Å². The summed E-state index contributed by atoms with van der Waals surface area (Å²) in [4.78, 5) is 32.4. The van der Waals surface area contributed by atoms with Gasteiger partial charge in [0.2, 0.25) is 5.91 Å². The molecule has 142 valence electrons. The van der Waals surface area contributed by atoms with Gasteiger partial charge < -0.3 is 14.4 Å². The van der Waals surface area contributed by atoms with Gasteiger partial charge in [-0.2, -0.15) is 0 Å². The number of carbonyl (C=O) groups is 2. The third kappa shape index (κ3) is 4.52. The standard InChI is InChI=1S/C19H27N3O4/c1-25-19(24)22-10-3-2-6-17(22)18(23)21-11-7-16(8-12-21)26-14-15-5-4-9-20-13-15/h4-5,9,13,16-17H,2-3,6-8,10-12,14H2,1H3/t17-/m1/s1. The average molecular weight is 361 g/mol. The minimum atomic E-state index is -0.405. The van der Waals surface area contributed by atoms with E-state index in [9.17, 15) is 9.59 Å². The summed E-state index contributed by atoms with van der Waals surface area (Å²) in [6.45, 7) is 2.48. The van der Waals surface area contributed by atoms with Gasteiger partial charge in [-0.3, -0.25) is 14.7 Å². The van der Waals surface area contributed by atoms with Gasteiger partial charge in [-0.1, -0.05) is 6.07 Å². The fraction of sp³-hybridized carbons (Fsp3) is 0.632. The van der Waals surface area contributed by atoms with E-state index >= 15 is 0 Å². The predicted molar refractivity (Wildman–Crippen MR) is 95.4 cm³/mol. The minimum absolute atomic E-state index is 0.0424. The average Bonchev–Trinajstić information content (AvgIpc) is 2.72. The lowest BCUT2D eigenvalue weighted by Crippen LogP contribution is -2.54. The van der Waals surface area contributed by atoms with Gasteiger partial charge in [-0.15, -0.1) is 0 Å². The second-order valence-corrected chi connectivity index (χ2v) is 6.87. The second kappa shape index (κ2) is 8.98. The summed E-state index contributed by atoms with van der Waals surface area (Å²) in [5, 5.41) is 0. The van der Waals surface area contributed by atoms with Crippen molar-refractivity contribution in [3.05, 3.63) is 30.1 Å². The third-order valence-electron chi connectivity index (χ3n) is 5.16. The highest BCUT2D eigenvalue weighted by atomic mass is 16.5. The lowest BCUT2D eigenvalue weighted by molar-refractivity contribution is -0.140. The zero-order chi connectivity index (χ0) is 18.4. The van der Waals surface area contributed by atoms with Crippen molar-refractivity contribution in [2.45, 2.75) is 50.9 Å². The molecule has 2 aliphatic heterocycles. The van der Waals surface area contributed by atoms with Crippen LogP contribution in [0.3, 0.4) is 0 Å². The van der Waals surface area contributed by atoms with Crippen LogP contribution in [0.4, 0.5) is 4.79 Å². The molecule has 0 saturated carbocycles. The van der Waals surface area contributed by atoms with Crippen LogP contribution >= 0.6 is 0 Å². The maximum atomic E-state index is 12.9. The fourth-order valence-electron chi connectivity index (χ4n) is 3.68.